The largest absolute Gasteiger partial charge is 0.480 e. The number of hydrogen-bond acceptors (Lipinski definition) is 4. The monoisotopic (exact) mass is 319 g/mol. The number of carbonyl (C=O) groups is 1. The molecule has 1 saturated heterocycles. The fraction of sp³-hybridized carbons (Fsp3) is 0.417. The Labute approximate surface area is 121 Å². The standard InChI is InChI=1S/C12H14ClNO5S/c1-12(11(16)17)6-9(15)7-14(12)20(18,19)10-4-2-3-8(13)5-10/h2-5,9,15H,6-7H2,1H3,(H,16,17)/t9-,12?/m0/s1. The molecule has 0 saturated carbocycles. The number of aliphatic hydroxyl groups is 1. The zero-order chi connectivity index (χ0) is 15.1. The van der Waals surface area contributed by atoms with Crippen LogP contribution in [0.1, 0.15) is 13.3 Å². The number of rotatable bonds is 3. The summed E-state index contributed by atoms with van der Waals surface area (Å²) in [5.74, 6) is -1.29. The number of halogens is 1. The summed E-state index contributed by atoms with van der Waals surface area (Å²) in [5.41, 5.74) is -1.67. The molecule has 1 heterocycles. The Morgan fingerprint density at radius 1 is 1.50 bits per heavy atom. The molecular weight excluding hydrogens is 306 g/mol. The number of β-amino-alcohol motifs (C(OH)–C–C–N with tert-alkyl or cyclic N) is 1. The number of nitrogens with zero attached hydrogens (tertiary/aromatic N) is 1. The van der Waals surface area contributed by atoms with Gasteiger partial charge in [0.2, 0.25) is 10.0 Å². The van der Waals surface area contributed by atoms with E-state index in [-0.39, 0.29) is 22.9 Å². The van der Waals surface area contributed by atoms with Gasteiger partial charge in [0, 0.05) is 18.0 Å². The Morgan fingerprint density at radius 3 is 2.70 bits per heavy atom. The molecule has 20 heavy (non-hydrogen) atoms. The summed E-state index contributed by atoms with van der Waals surface area (Å²) in [7, 11) is -4.04. The average molecular weight is 320 g/mol. The predicted molar refractivity (Wildman–Crippen MR) is 72.0 cm³/mol. The van der Waals surface area contributed by atoms with Gasteiger partial charge < -0.3 is 10.2 Å². The second kappa shape index (κ2) is 5.00. The number of aliphatic hydroxyl groups excluding tert-OH is 1. The molecule has 1 fully saturated rings. The topological polar surface area (TPSA) is 94.9 Å². The van der Waals surface area contributed by atoms with Gasteiger partial charge >= 0.3 is 5.97 Å². The normalized spacial score (nSPS) is 27.6. The van der Waals surface area contributed by atoms with Crippen LogP contribution >= 0.6 is 11.6 Å². The molecular formula is C12H14ClNO5S. The number of hydrogen-bond donors (Lipinski definition) is 2. The van der Waals surface area contributed by atoms with Crippen LogP contribution < -0.4 is 0 Å². The molecule has 1 aromatic rings. The molecule has 0 spiro atoms. The number of carboxylic acid groups (broad SMARTS) is 1. The van der Waals surface area contributed by atoms with Gasteiger partial charge in [-0.1, -0.05) is 17.7 Å². The summed E-state index contributed by atoms with van der Waals surface area (Å²) >= 11 is 5.77. The first kappa shape index (κ1) is 15.2. The molecule has 0 radical (unpaired) electrons. The fourth-order valence-electron chi connectivity index (χ4n) is 2.33. The SMILES string of the molecule is CC1(C(=O)O)C[C@H](O)CN1S(=O)(=O)c1cccc(Cl)c1. The van der Waals surface area contributed by atoms with Crippen molar-refractivity contribution in [2.24, 2.45) is 0 Å². The van der Waals surface area contributed by atoms with Crippen LogP contribution in [-0.2, 0) is 14.8 Å². The van der Waals surface area contributed by atoms with Crippen molar-refractivity contribution in [1.29, 1.82) is 0 Å². The van der Waals surface area contributed by atoms with Gasteiger partial charge in [0.1, 0.15) is 5.54 Å². The summed E-state index contributed by atoms with van der Waals surface area (Å²) in [6.45, 7) is 1.03. The third-order valence-corrected chi connectivity index (χ3v) is 5.62. The second-order valence-electron chi connectivity index (χ2n) is 4.93. The molecule has 0 aromatic heterocycles. The molecule has 8 heteroatoms. The Bertz CT molecular complexity index is 647. The van der Waals surface area contributed by atoms with Gasteiger partial charge in [-0.2, -0.15) is 4.31 Å². The Balaban J connectivity index is 2.51. The van der Waals surface area contributed by atoms with Gasteiger partial charge in [0.15, 0.2) is 0 Å². The summed E-state index contributed by atoms with van der Waals surface area (Å²) in [6.07, 6.45) is -1.16. The molecule has 0 bridgehead atoms. The van der Waals surface area contributed by atoms with E-state index in [0.717, 1.165) is 4.31 Å². The third kappa shape index (κ3) is 2.42. The van der Waals surface area contributed by atoms with Crippen LogP contribution in [0.25, 0.3) is 0 Å². The van der Waals surface area contributed by atoms with E-state index in [9.17, 15) is 23.4 Å². The van der Waals surface area contributed by atoms with Crippen LogP contribution in [0, 0.1) is 0 Å². The minimum Gasteiger partial charge on any atom is -0.480 e. The quantitative estimate of drug-likeness (QED) is 0.864. The molecule has 0 amide bonds. The maximum Gasteiger partial charge on any atom is 0.324 e. The number of aliphatic carboxylic acids is 1. The molecule has 1 aromatic carbocycles. The molecule has 1 aliphatic heterocycles. The first-order valence-electron chi connectivity index (χ1n) is 5.88. The Morgan fingerprint density at radius 2 is 2.15 bits per heavy atom. The molecule has 1 aliphatic rings. The van der Waals surface area contributed by atoms with E-state index in [0.29, 0.717) is 0 Å². The highest BCUT2D eigenvalue weighted by molar-refractivity contribution is 7.89. The van der Waals surface area contributed by atoms with Crippen LogP contribution in [0.4, 0.5) is 0 Å². The van der Waals surface area contributed by atoms with Crippen molar-refractivity contribution in [2.75, 3.05) is 6.54 Å². The van der Waals surface area contributed by atoms with E-state index in [1.807, 2.05) is 0 Å². The molecule has 2 atom stereocenters. The third-order valence-electron chi connectivity index (χ3n) is 3.40. The minimum absolute atomic E-state index is 0.0911. The average Bonchev–Trinajstić information content (AvgIpc) is 2.67. The van der Waals surface area contributed by atoms with Crippen LogP contribution in [0.15, 0.2) is 29.2 Å². The maximum absolute atomic E-state index is 12.5. The van der Waals surface area contributed by atoms with Crippen LogP contribution in [0.3, 0.4) is 0 Å². The minimum atomic E-state index is -4.04. The lowest BCUT2D eigenvalue weighted by Crippen LogP contribution is -2.50. The van der Waals surface area contributed by atoms with Gasteiger partial charge in [-0.05, 0) is 25.1 Å². The zero-order valence-electron chi connectivity index (χ0n) is 10.7. The van der Waals surface area contributed by atoms with Crippen LogP contribution in [0.5, 0.6) is 0 Å². The van der Waals surface area contributed by atoms with Crippen molar-refractivity contribution in [3.63, 3.8) is 0 Å². The van der Waals surface area contributed by atoms with Gasteiger partial charge in [-0.15, -0.1) is 0 Å². The van der Waals surface area contributed by atoms with Crippen molar-refractivity contribution >= 4 is 27.6 Å². The molecule has 0 aliphatic carbocycles. The van der Waals surface area contributed by atoms with Crippen molar-refractivity contribution in [1.82, 2.24) is 4.31 Å². The molecule has 2 N–H and O–H groups in total. The first-order chi connectivity index (χ1) is 9.18. The van der Waals surface area contributed by atoms with E-state index in [1.54, 1.807) is 0 Å². The van der Waals surface area contributed by atoms with E-state index >= 15 is 0 Å². The van der Waals surface area contributed by atoms with E-state index < -0.39 is 27.6 Å². The van der Waals surface area contributed by atoms with Crippen molar-refractivity contribution in [2.45, 2.75) is 29.9 Å². The highest BCUT2D eigenvalue weighted by atomic mass is 35.5. The smallest absolute Gasteiger partial charge is 0.324 e. The summed E-state index contributed by atoms with van der Waals surface area (Å²) in [5, 5.41) is 19.2. The number of benzene rings is 1. The van der Waals surface area contributed by atoms with E-state index in [2.05, 4.69) is 0 Å². The van der Waals surface area contributed by atoms with Crippen LogP contribution in [-0.4, -0.2) is 47.1 Å². The second-order valence-corrected chi connectivity index (χ2v) is 7.23. The lowest BCUT2D eigenvalue weighted by Gasteiger charge is -2.29. The van der Waals surface area contributed by atoms with Crippen LogP contribution in [0.2, 0.25) is 5.02 Å². The highest BCUT2D eigenvalue weighted by Gasteiger charge is 2.53. The summed E-state index contributed by atoms with van der Waals surface area (Å²) in [6, 6.07) is 5.59. The molecule has 2 rings (SSSR count). The Hall–Kier alpha value is -1.15. The van der Waals surface area contributed by atoms with Gasteiger partial charge in [-0.3, -0.25) is 4.79 Å². The van der Waals surface area contributed by atoms with Gasteiger partial charge in [0.25, 0.3) is 0 Å². The highest BCUT2D eigenvalue weighted by Crippen LogP contribution is 2.35. The van der Waals surface area contributed by atoms with E-state index in [1.165, 1.54) is 31.2 Å². The number of carboxylic acids is 1. The Kier molecular flexibility index (Phi) is 3.81. The van der Waals surface area contributed by atoms with Crippen molar-refractivity contribution in [3.05, 3.63) is 29.3 Å². The maximum atomic E-state index is 12.5. The lowest BCUT2D eigenvalue weighted by atomic mass is 10.0. The van der Waals surface area contributed by atoms with Crippen molar-refractivity contribution < 1.29 is 23.4 Å². The van der Waals surface area contributed by atoms with Gasteiger partial charge in [0.05, 0.1) is 11.0 Å². The van der Waals surface area contributed by atoms with E-state index in [4.69, 9.17) is 11.6 Å². The number of sulfonamides is 1. The predicted octanol–water partition coefficient (Wildman–Crippen LogP) is 0.939. The summed E-state index contributed by atoms with van der Waals surface area (Å²) in [4.78, 5) is 11.3. The first-order valence-corrected chi connectivity index (χ1v) is 7.69. The lowest BCUT2D eigenvalue weighted by molar-refractivity contribution is -0.146. The molecule has 1 unspecified atom stereocenters. The zero-order valence-corrected chi connectivity index (χ0v) is 12.2. The van der Waals surface area contributed by atoms with Gasteiger partial charge in [-0.25, -0.2) is 8.42 Å². The fourth-order valence-corrected chi connectivity index (χ4v) is 4.42. The molecule has 110 valence electrons. The summed E-state index contributed by atoms with van der Waals surface area (Å²) < 4.78 is 25.9. The molecule has 6 nitrogen and oxygen atoms in total. The van der Waals surface area contributed by atoms with Crippen molar-refractivity contribution in [3.8, 4) is 0 Å².